The van der Waals surface area contributed by atoms with Crippen molar-refractivity contribution in [1.29, 1.82) is 5.26 Å². The Kier molecular flexibility index (Phi) is 3.47. The molecule has 0 unspecified atom stereocenters. The Hall–Kier alpha value is -1.34. The zero-order valence-corrected chi connectivity index (χ0v) is 8.37. The Balaban J connectivity index is 2.61. The highest BCUT2D eigenvalue weighted by atomic mass is 79.9. The molecule has 0 saturated heterocycles. The number of nitriles is 1. The lowest BCUT2D eigenvalue weighted by atomic mass is 10.2. The van der Waals surface area contributed by atoms with Crippen LogP contribution in [0.4, 0.5) is 0 Å². The van der Waals surface area contributed by atoms with Gasteiger partial charge in [0.25, 0.3) is 0 Å². The molecule has 0 radical (unpaired) electrons. The lowest BCUT2D eigenvalue weighted by Crippen LogP contribution is -2.12. The molecule has 66 valence electrons. The highest BCUT2D eigenvalue weighted by Crippen LogP contribution is 2.07. The fourth-order valence-corrected chi connectivity index (χ4v) is 1.04. The van der Waals surface area contributed by atoms with Gasteiger partial charge < -0.3 is 10.7 Å². The topological polar surface area (TPSA) is 58.1 Å². The maximum Gasteiger partial charge on any atom is 0.117 e. The summed E-state index contributed by atoms with van der Waals surface area (Å²) in [4.78, 5) is 0. The van der Waals surface area contributed by atoms with Gasteiger partial charge in [-0.3, -0.25) is 0 Å². The van der Waals surface area contributed by atoms with E-state index in [-0.39, 0.29) is 4.62 Å². The summed E-state index contributed by atoms with van der Waals surface area (Å²) in [5, 5.41) is 20.3. The first-order valence-corrected chi connectivity index (χ1v) is 4.48. The van der Waals surface area contributed by atoms with Gasteiger partial charge in [0.15, 0.2) is 0 Å². The molecule has 4 heteroatoms. The van der Waals surface area contributed by atoms with Crippen molar-refractivity contribution in [2.24, 2.45) is 0 Å². The summed E-state index contributed by atoms with van der Waals surface area (Å²) in [5.74, 6) is 0. The Morgan fingerprint density at radius 3 is 3.08 bits per heavy atom. The van der Waals surface area contributed by atoms with Gasteiger partial charge in [-0.05, 0) is 18.6 Å². The molecule has 1 rings (SSSR count). The van der Waals surface area contributed by atoms with Crippen LogP contribution in [0.1, 0.15) is 6.42 Å². The van der Waals surface area contributed by atoms with Crippen LogP contribution in [-0.2, 0) is 0 Å². The van der Waals surface area contributed by atoms with Gasteiger partial charge in [0.1, 0.15) is 11.8 Å². The Morgan fingerprint density at radius 2 is 2.46 bits per heavy atom. The highest BCUT2D eigenvalue weighted by Gasteiger charge is 2.00. The first kappa shape index (κ1) is 9.75. The zero-order chi connectivity index (χ0) is 9.68. The third kappa shape index (κ3) is 3.26. The van der Waals surface area contributed by atoms with Crippen LogP contribution in [-0.4, -0.2) is 4.62 Å². The number of rotatable bonds is 2. The van der Waals surface area contributed by atoms with Gasteiger partial charge in [0, 0.05) is 5.70 Å². The Morgan fingerprint density at radius 1 is 1.69 bits per heavy atom. The minimum Gasteiger partial charge on any atom is -0.798 e. The lowest BCUT2D eigenvalue weighted by Gasteiger charge is -2.09. The van der Waals surface area contributed by atoms with Crippen LogP contribution in [0.3, 0.4) is 0 Å². The first-order valence-electron chi connectivity index (χ1n) is 3.69. The van der Waals surface area contributed by atoms with E-state index in [0.717, 1.165) is 12.1 Å². The number of halogens is 1. The monoisotopic (exact) mass is 236 g/mol. The van der Waals surface area contributed by atoms with Crippen molar-refractivity contribution in [1.82, 2.24) is 5.32 Å². The fourth-order valence-electron chi connectivity index (χ4n) is 0.903. The van der Waals surface area contributed by atoms with Crippen LogP contribution in [0.5, 0.6) is 0 Å². The van der Waals surface area contributed by atoms with E-state index in [2.05, 4.69) is 21.2 Å². The summed E-state index contributed by atoms with van der Waals surface area (Å²) < 4.78 is 0.0586. The Bertz CT molecular complexity index is 344. The van der Waals surface area contributed by atoms with E-state index in [4.69, 9.17) is 10.7 Å². The molecular formula is C9H7BrN3-. The third-order valence-corrected chi connectivity index (χ3v) is 1.72. The van der Waals surface area contributed by atoms with Gasteiger partial charge in [-0.1, -0.05) is 28.1 Å². The second kappa shape index (κ2) is 4.63. The van der Waals surface area contributed by atoms with Gasteiger partial charge in [-0.15, -0.1) is 4.62 Å². The van der Waals surface area contributed by atoms with Crippen molar-refractivity contribution < 1.29 is 0 Å². The molecule has 0 spiro atoms. The summed E-state index contributed by atoms with van der Waals surface area (Å²) in [6.07, 6.45) is 7.65. The average molecular weight is 237 g/mol. The maximum absolute atomic E-state index is 8.82. The summed E-state index contributed by atoms with van der Waals surface area (Å²) in [6.45, 7) is 0. The predicted molar refractivity (Wildman–Crippen MR) is 56.0 cm³/mol. The molecule has 1 aliphatic heterocycles. The highest BCUT2D eigenvalue weighted by molar-refractivity contribution is 9.18. The van der Waals surface area contributed by atoms with Gasteiger partial charge in [0.2, 0.25) is 0 Å². The molecule has 0 bridgehead atoms. The lowest BCUT2D eigenvalue weighted by molar-refractivity contribution is 0.989. The predicted octanol–water partition coefficient (Wildman–Crippen LogP) is 2.19. The minimum atomic E-state index is 0.0586. The Labute approximate surface area is 85.1 Å². The molecule has 0 aliphatic carbocycles. The van der Waals surface area contributed by atoms with E-state index in [9.17, 15) is 0 Å². The van der Waals surface area contributed by atoms with Gasteiger partial charge in [-0.25, -0.2) is 0 Å². The van der Waals surface area contributed by atoms with Crippen LogP contribution >= 0.6 is 15.9 Å². The van der Waals surface area contributed by atoms with Gasteiger partial charge >= 0.3 is 0 Å². The smallest absolute Gasteiger partial charge is 0.117 e. The first-order chi connectivity index (χ1) is 6.22. The number of hydrogen-bond acceptors (Lipinski definition) is 2. The van der Waals surface area contributed by atoms with Crippen LogP contribution in [0.25, 0.3) is 5.41 Å². The van der Waals surface area contributed by atoms with Crippen molar-refractivity contribution in [3.8, 4) is 6.07 Å². The molecule has 1 heterocycles. The van der Waals surface area contributed by atoms with Crippen LogP contribution < -0.4 is 5.32 Å². The zero-order valence-electron chi connectivity index (χ0n) is 6.79. The fraction of sp³-hybridized carbons (Fsp3) is 0.111. The van der Waals surface area contributed by atoms with E-state index >= 15 is 0 Å². The quantitative estimate of drug-likeness (QED) is 0.748. The summed E-state index contributed by atoms with van der Waals surface area (Å²) in [6, 6.07) is 2.02. The van der Waals surface area contributed by atoms with E-state index in [0.29, 0.717) is 5.70 Å². The SMILES string of the molecule is N#CC1=CCC=C(/C=C\C(=[N-])Br)N1. The third-order valence-electron chi connectivity index (χ3n) is 1.46. The van der Waals surface area contributed by atoms with Crippen molar-refractivity contribution in [2.75, 3.05) is 0 Å². The van der Waals surface area contributed by atoms with E-state index in [1.54, 1.807) is 12.2 Å². The van der Waals surface area contributed by atoms with Crippen molar-refractivity contribution in [2.45, 2.75) is 6.42 Å². The number of allylic oxidation sites excluding steroid dienone is 5. The van der Waals surface area contributed by atoms with Crippen LogP contribution in [0.15, 0.2) is 35.7 Å². The summed E-state index contributed by atoms with van der Waals surface area (Å²) in [5.41, 5.74) is 1.35. The van der Waals surface area contributed by atoms with Gasteiger partial charge in [-0.2, -0.15) is 5.26 Å². The summed E-state index contributed by atoms with van der Waals surface area (Å²) >= 11 is 2.88. The van der Waals surface area contributed by atoms with Crippen LogP contribution in [0.2, 0.25) is 0 Å². The van der Waals surface area contributed by atoms with Crippen LogP contribution in [0, 0.1) is 11.3 Å². The van der Waals surface area contributed by atoms with Crippen molar-refractivity contribution >= 4 is 20.6 Å². The number of dihydropyridines is 1. The summed E-state index contributed by atoms with van der Waals surface area (Å²) in [7, 11) is 0. The molecule has 1 aliphatic rings. The molecule has 13 heavy (non-hydrogen) atoms. The molecule has 0 aromatic carbocycles. The number of hydrogen-bond donors (Lipinski definition) is 1. The molecule has 0 atom stereocenters. The molecular weight excluding hydrogens is 230 g/mol. The second-order valence-corrected chi connectivity index (χ2v) is 3.22. The molecule has 0 aromatic rings. The number of nitrogens with one attached hydrogen (secondary N) is 1. The molecule has 0 fully saturated rings. The molecule has 0 saturated carbocycles. The van der Waals surface area contributed by atoms with Crippen molar-refractivity contribution in [3.63, 3.8) is 0 Å². The molecule has 0 amide bonds. The van der Waals surface area contributed by atoms with Crippen molar-refractivity contribution in [3.05, 3.63) is 41.1 Å². The average Bonchev–Trinajstić information content (AvgIpc) is 2.15. The minimum absolute atomic E-state index is 0.0586. The normalized spacial score (nSPS) is 15.7. The van der Waals surface area contributed by atoms with E-state index in [1.807, 2.05) is 12.1 Å². The number of nitrogens with zero attached hydrogens (tertiary/aromatic N) is 2. The standard InChI is InChI=1S/C9H7BrN3/c10-9(12)5-4-7-2-1-3-8(6-11)13-7/h2-5,13H,1H2/q-1/b5-4-. The van der Waals surface area contributed by atoms with E-state index in [1.165, 1.54) is 6.08 Å². The molecule has 3 nitrogen and oxygen atoms in total. The van der Waals surface area contributed by atoms with E-state index < -0.39 is 0 Å². The molecule has 0 aromatic heterocycles. The maximum atomic E-state index is 8.82. The largest absolute Gasteiger partial charge is 0.798 e. The molecule has 1 N–H and O–H groups in total. The van der Waals surface area contributed by atoms with Gasteiger partial charge in [0.05, 0.1) is 0 Å². The second-order valence-electron chi connectivity index (χ2n) is 2.41.